The number of nitrogens with two attached hydrogens (primary N) is 1. The van der Waals surface area contributed by atoms with E-state index in [1.54, 1.807) is 0 Å². The third kappa shape index (κ3) is 6.40. The van der Waals surface area contributed by atoms with E-state index in [1.807, 2.05) is 0 Å². The van der Waals surface area contributed by atoms with Crippen LogP contribution < -0.4 is 5.73 Å². The van der Waals surface area contributed by atoms with Gasteiger partial charge in [0.2, 0.25) is 0 Å². The van der Waals surface area contributed by atoms with Crippen molar-refractivity contribution in [3.05, 3.63) is 35.9 Å². The van der Waals surface area contributed by atoms with Crippen LogP contribution in [0.4, 0.5) is 0 Å². The predicted octanol–water partition coefficient (Wildman–Crippen LogP) is 4.09. The molecule has 1 aliphatic rings. The van der Waals surface area contributed by atoms with Gasteiger partial charge in [-0.15, -0.1) is 0 Å². The van der Waals surface area contributed by atoms with Crippen molar-refractivity contribution in [1.82, 2.24) is 4.90 Å². The van der Waals surface area contributed by atoms with Crippen LogP contribution in [0.5, 0.6) is 0 Å². The molecule has 0 spiro atoms. The van der Waals surface area contributed by atoms with E-state index in [9.17, 15) is 5.11 Å². The standard InChI is InChI=1S/C22H38N2O/c1-2-3-4-5-6-10-13-21(25)18-24-16-14-22(19-23,15-17-24)20-11-8-7-9-12-20/h7-9,11-12,21,25H,2-6,10,13-19,23H2,1H3. The number of benzene rings is 1. The zero-order valence-corrected chi connectivity index (χ0v) is 16.1. The van der Waals surface area contributed by atoms with E-state index in [0.29, 0.717) is 6.54 Å². The molecule has 25 heavy (non-hydrogen) atoms. The van der Waals surface area contributed by atoms with Crippen molar-refractivity contribution in [3.8, 4) is 0 Å². The highest BCUT2D eigenvalue weighted by Crippen LogP contribution is 2.34. The Kier molecular flexibility index (Phi) is 8.94. The molecule has 1 aromatic carbocycles. The molecule has 0 saturated carbocycles. The maximum absolute atomic E-state index is 10.3. The van der Waals surface area contributed by atoms with Gasteiger partial charge >= 0.3 is 0 Å². The van der Waals surface area contributed by atoms with Gasteiger partial charge in [-0.25, -0.2) is 0 Å². The molecule has 1 aromatic rings. The molecule has 1 saturated heterocycles. The summed E-state index contributed by atoms with van der Waals surface area (Å²) >= 11 is 0. The van der Waals surface area contributed by atoms with Gasteiger partial charge < -0.3 is 15.7 Å². The van der Waals surface area contributed by atoms with Crippen LogP contribution in [-0.2, 0) is 5.41 Å². The summed E-state index contributed by atoms with van der Waals surface area (Å²) < 4.78 is 0. The largest absolute Gasteiger partial charge is 0.392 e. The van der Waals surface area contributed by atoms with E-state index in [2.05, 4.69) is 42.2 Å². The molecule has 3 N–H and O–H groups in total. The second-order valence-electron chi connectivity index (χ2n) is 7.86. The average Bonchev–Trinajstić information content (AvgIpc) is 2.66. The highest BCUT2D eigenvalue weighted by atomic mass is 16.3. The summed E-state index contributed by atoms with van der Waals surface area (Å²) in [6.07, 6.45) is 10.7. The van der Waals surface area contributed by atoms with Gasteiger partial charge in [0, 0.05) is 18.5 Å². The smallest absolute Gasteiger partial charge is 0.0667 e. The lowest BCUT2D eigenvalue weighted by atomic mass is 9.73. The summed E-state index contributed by atoms with van der Waals surface area (Å²) in [5, 5.41) is 10.3. The SMILES string of the molecule is CCCCCCCCC(O)CN1CCC(CN)(c2ccccc2)CC1. The van der Waals surface area contributed by atoms with Gasteiger partial charge in [-0.3, -0.25) is 0 Å². The number of aliphatic hydroxyl groups is 1. The fourth-order valence-corrected chi connectivity index (χ4v) is 4.12. The lowest BCUT2D eigenvalue weighted by Crippen LogP contribution is -2.48. The molecule has 1 unspecified atom stereocenters. The van der Waals surface area contributed by atoms with E-state index in [-0.39, 0.29) is 11.5 Å². The fourth-order valence-electron chi connectivity index (χ4n) is 4.12. The molecule has 142 valence electrons. The lowest BCUT2D eigenvalue weighted by molar-refractivity contribution is 0.0760. The molecule has 2 rings (SSSR count). The fraction of sp³-hybridized carbons (Fsp3) is 0.727. The summed E-state index contributed by atoms with van der Waals surface area (Å²) in [7, 11) is 0. The van der Waals surface area contributed by atoms with Crippen molar-refractivity contribution in [3.63, 3.8) is 0 Å². The first-order chi connectivity index (χ1) is 12.2. The molecule has 0 aliphatic carbocycles. The van der Waals surface area contributed by atoms with Crippen LogP contribution in [0.25, 0.3) is 0 Å². The molecule has 1 atom stereocenters. The Hall–Kier alpha value is -0.900. The highest BCUT2D eigenvalue weighted by molar-refractivity contribution is 5.26. The predicted molar refractivity (Wildman–Crippen MR) is 107 cm³/mol. The van der Waals surface area contributed by atoms with Crippen molar-refractivity contribution in [2.75, 3.05) is 26.2 Å². The minimum atomic E-state index is -0.173. The van der Waals surface area contributed by atoms with Gasteiger partial charge in [0.15, 0.2) is 0 Å². The number of β-amino-alcohol motifs (C(OH)–C–C–N with tert-alkyl or cyclic N) is 1. The maximum Gasteiger partial charge on any atom is 0.0667 e. The average molecular weight is 347 g/mol. The zero-order chi connectivity index (χ0) is 18.0. The summed E-state index contributed by atoms with van der Waals surface area (Å²) in [5.41, 5.74) is 7.67. The number of piperidine rings is 1. The van der Waals surface area contributed by atoms with Crippen LogP contribution >= 0.6 is 0 Å². The molecule has 1 aliphatic heterocycles. The Morgan fingerprint density at radius 3 is 2.32 bits per heavy atom. The minimum Gasteiger partial charge on any atom is -0.392 e. The van der Waals surface area contributed by atoms with E-state index >= 15 is 0 Å². The van der Waals surface area contributed by atoms with Crippen LogP contribution in [0.3, 0.4) is 0 Å². The van der Waals surface area contributed by atoms with Crippen LogP contribution in [0, 0.1) is 0 Å². The Bertz CT molecular complexity index is 454. The van der Waals surface area contributed by atoms with Gasteiger partial charge in [-0.05, 0) is 37.9 Å². The van der Waals surface area contributed by atoms with E-state index < -0.39 is 0 Å². The molecule has 3 heteroatoms. The number of likely N-dealkylation sites (tertiary alicyclic amines) is 1. The molecular formula is C22H38N2O. The Morgan fingerprint density at radius 2 is 1.68 bits per heavy atom. The lowest BCUT2D eigenvalue weighted by Gasteiger charge is -2.42. The molecular weight excluding hydrogens is 308 g/mol. The van der Waals surface area contributed by atoms with Crippen molar-refractivity contribution in [2.45, 2.75) is 76.2 Å². The number of aliphatic hydroxyl groups excluding tert-OH is 1. The summed E-state index contributed by atoms with van der Waals surface area (Å²) in [6, 6.07) is 10.7. The quantitative estimate of drug-likeness (QED) is 0.593. The third-order valence-electron chi connectivity index (χ3n) is 5.95. The van der Waals surface area contributed by atoms with Crippen molar-refractivity contribution in [2.24, 2.45) is 5.73 Å². The van der Waals surface area contributed by atoms with Crippen molar-refractivity contribution in [1.29, 1.82) is 0 Å². The topological polar surface area (TPSA) is 49.5 Å². The highest BCUT2D eigenvalue weighted by Gasteiger charge is 2.35. The second kappa shape index (κ2) is 10.9. The third-order valence-corrected chi connectivity index (χ3v) is 5.95. The molecule has 0 bridgehead atoms. The van der Waals surface area contributed by atoms with Gasteiger partial charge in [-0.1, -0.05) is 75.8 Å². The second-order valence-corrected chi connectivity index (χ2v) is 7.86. The molecule has 1 heterocycles. The van der Waals surface area contributed by atoms with Gasteiger partial charge in [-0.2, -0.15) is 0 Å². The number of nitrogens with zero attached hydrogens (tertiary/aromatic N) is 1. The number of unbranched alkanes of at least 4 members (excludes halogenated alkanes) is 5. The van der Waals surface area contributed by atoms with E-state index in [4.69, 9.17) is 5.73 Å². The normalized spacial score (nSPS) is 19.0. The Balaban J connectivity index is 1.69. The van der Waals surface area contributed by atoms with Crippen molar-refractivity contribution >= 4 is 0 Å². The molecule has 0 radical (unpaired) electrons. The Labute approximate surface area is 154 Å². The van der Waals surface area contributed by atoms with Crippen LogP contribution in [-0.4, -0.2) is 42.3 Å². The molecule has 0 aromatic heterocycles. The summed E-state index contributed by atoms with van der Waals surface area (Å²) in [4.78, 5) is 2.43. The monoisotopic (exact) mass is 346 g/mol. The Morgan fingerprint density at radius 1 is 1.04 bits per heavy atom. The maximum atomic E-state index is 10.3. The number of hydrogen-bond acceptors (Lipinski definition) is 3. The molecule has 1 fully saturated rings. The molecule has 0 amide bonds. The first-order valence-corrected chi connectivity index (χ1v) is 10.4. The van der Waals surface area contributed by atoms with Crippen LogP contribution in [0.15, 0.2) is 30.3 Å². The summed E-state index contributed by atoms with van der Waals surface area (Å²) in [6.45, 7) is 5.87. The first-order valence-electron chi connectivity index (χ1n) is 10.4. The van der Waals surface area contributed by atoms with Gasteiger partial charge in [0.1, 0.15) is 0 Å². The van der Waals surface area contributed by atoms with E-state index in [0.717, 1.165) is 45.3 Å². The van der Waals surface area contributed by atoms with Crippen molar-refractivity contribution < 1.29 is 5.11 Å². The van der Waals surface area contributed by atoms with Crippen LogP contribution in [0.2, 0.25) is 0 Å². The zero-order valence-electron chi connectivity index (χ0n) is 16.1. The first kappa shape index (κ1) is 20.4. The molecule has 3 nitrogen and oxygen atoms in total. The number of hydrogen-bond donors (Lipinski definition) is 2. The number of rotatable bonds is 11. The van der Waals surface area contributed by atoms with Gasteiger partial charge in [0.05, 0.1) is 6.10 Å². The van der Waals surface area contributed by atoms with Crippen LogP contribution in [0.1, 0.15) is 70.3 Å². The summed E-state index contributed by atoms with van der Waals surface area (Å²) in [5.74, 6) is 0. The minimum absolute atomic E-state index is 0.127. The van der Waals surface area contributed by atoms with Gasteiger partial charge in [0.25, 0.3) is 0 Å². The van der Waals surface area contributed by atoms with E-state index in [1.165, 1.54) is 37.7 Å².